The molecule has 0 bridgehead atoms. The van der Waals surface area contributed by atoms with E-state index in [1.165, 1.54) is 12.8 Å². The lowest BCUT2D eigenvalue weighted by Gasteiger charge is -2.20. The molecule has 0 saturated carbocycles. The molecule has 0 radical (unpaired) electrons. The van der Waals surface area contributed by atoms with Gasteiger partial charge in [0.25, 0.3) is 0 Å². The molecular weight excluding hydrogens is 344 g/mol. The van der Waals surface area contributed by atoms with Crippen LogP contribution in [-0.4, -0.2) is 38.4 Å². The van der Waals surface area contributed by atoms with E-state index >= 15 is 0 Å². The number of esters is 2. The van der Waals surface area contributed by atoms with Crippen molar-refractivity contribution in [2.75, 3.05) is 20.3 Å². The van der Waals surface area contributed by atoms with Crippen molar-refractivity contribution < 1.29 is 23.8 Å². The summed E-state index contributed by atoms with van der Waals surface area (Å²) in [6.45, 7) is 7.01. The van der Waals surface area contributed by atoms with Crippen molar-refractivity contribution in [2.45, 2.75) is 65.4 Å². The van der Waals surface area contributed by atoms with Gasteiger partial charge < -0.3 is 14.2 Å². The molecule has 152 valence electrons. The Bertz CT molecular complexity index is 570. The maximum absolute atomic E-state index is 12.5. The molecule has 2 unspecified atom stereocenters. The molecule has 1 rings (SSSR count). The number of hydrogen-bond acceptors (Lipinski definition) is 5. The third-order valence-corrected chi connectivity index (χ3v) is 4.72. The van der Waals surface area contributed by atoms with Crippen LogP contribution in [-0.2, 0) is 14.2 Å². The van der Waals surface area contributed by atoms with E-state index in [-0.39, 0.29) is 23.1 Å². The Kier molecular flexibility index (Phi) is 11.4. The SMILES string of the molecule is CCCCCCCOC(=O)c1ccccc1C(=O)OC(C)C(C)CCOC. The number of carbonyl (C=O) groups is 2. The lowest BCUT2D eigenvalue weighted by molar-refractivity contribution is 0.0168. The fraction of sp³-hybridized carbons (Fsp3) is 0.636. The summed E-state index contributed by atoms with van der Waals surface area (Å²) in [7, 11) is 1.65. The van der Waals surface area contributed by atoms with Crippen molar-refractivity contribution in [3.05, 3.63) is 35.4 Å². The number of rotatable bonds is 13. The number of unbranched alkanes of at least 4 members (excludes halogenated alkanes) is 4. The van der Waals surface area contributed by atoms with E-state index < -0.39 is 11.9 Å². The molecule has 0 N–H and O–H groups in total. The van der Waals surface area contributed by atoms with Crippen LogP contribution < -0.4 is 0 Å². The Morgan fingerprint density at radius 3 is 2.19 bits per heavy atom. The van der Waals surface area contributed by atoms with E-state index in [9.17, 15) is 9.59 Å². The molecule has 0 aliphatic rings. The molecule has 1 aromatic carbocycles. The summed E-state index contributed by atoms with van der Waals surface area (Å²) in [5, 5.41) is 0. The van der Waals surface area contributed by atoms with Gasteiger partial charge in [-0.3, -0.25) is 0 Å². The standard InChI is InChI=1S/C22H34O5/c1-5-6-7-8-11-15-26-21(23)19-12-9-10-13-20(19)22(24)27-18(3)17(2)14-16-25-4/h9-10,12-13,17-18H,5-8,11,14-16H2,1-4H3. The average Bonchev–Trinajstić information content (AvgIpc) is 2.68. The monoisotopic (exact) mass is 378 g/mol. The molecular formula is C22H34O5. The highest BCUT2D eigenvalue weighted by Crippen LogP contribution is 2.17. The van der Waals surface area contributed by atoms with Crippen LogP contribution >= 0.6 is 0 Å². The normalized spacial score (nSPS) is 13.0. The van der Waals surface area contributed by atoms with Gasteiger partial charge in [-0.05, 0) is 37.8 Å². The summed E-state index contributed by atoms with van der Waals surface area (Å²) in [4.78, 5) is 24.9. The first-order chi connectivity index (χ1) is 13.0. The summed E-state index contributed by atoms with van der Waals surface area (Å²) < 4.78 is 16.0. The molecule has 0 spiro atoms. The first-order valence-electron chi connectivity index (χ1n) is 9.97. The summed E-state index contributed by atoms with van der Waals surface area (Å²) in [6, 6.07) is 6.65. The highest BCUT2D eigenvalue weighted by atomic mass is 16.5. The largest absolute Gasteiger partial charge is 0.462 e. The van der Waals surface area contributed by atoms with Crippen molar-refractivity contribution in [2.24, 2.45) is 5.92 Å². The Morgan fingerprint density at radius 1 is 0.926 bits per heavy atom. The molecule has 27 heavy (non-hydrogen) atoms. The molecule has 0 aromatic heterocycles. The summed E-state index contributed by atoms with van der Waals surface area (Å²) in [5.41, 5.74) is 0.507. The first-order valence-corrected chi connectivity index (χ1v) is 9.97. The van der Waals surface area contributed by atoms with Crippen LogP contribution in [0.5, 0.6) is 0 Å². The van der Waals surface area contributed by atoms with E-state index in [1.54, 1.807) is 31.4 Å². The topological polar surface area (TPSA) is 61.8 Å². The van der Waals surface area contributed by atoms with Gasteiger partial charge in [-0.1, -0.05) is 51.7 Å². The van der Waals surface area contributed by atoms with Crippen LogP contribution in [0.2, 0.25) is 0 Å². The molecule has 0 heterocycles. The first kappa shape index (κ1) is 23.2. The molecule has 0 aliphatic carbocycles. The predicted molar refractivity (Wildman–Crippen MR) is 106 cm³/mol. The Hall–Kier alpha value is -1.88. The van der Waals surface area contributed by atoms with Gasteiger partial charge in [0, 0.05) is 13.7 Å². The third-order valence-electron chi connectivity index (χ3n) is 4.72. The molecule has 0 fully saturated rings. The summed E-state index contributed by atoms with van der Waals surface area (Å²) in [5.74, 6) is -0.809. The fourth-order valence-electron chi connectivity index (χ4n) is 2.67. The zero-order valence-corrected chi connectivity index (χ0v) is 17.2. The smallest absolute Gasteiger partial charge is 0.339 e. The van der Waals surface area contributed by atoms with Gasteiger partial charge in [0.15, 0.2) is 0 Å². The van der Waals surface area contributed by atoms with Crippen LogP contribution in [0.3, 0.4) is 0 Å². The van der Waals surface area contributed by atoms with Crippen LogP contribution in [0.1, 0.15) is 80.0 Å². The number of benzene rings is 1. The summed E-state index contributed by atoms with van der Waals surface area (Å²) in [6.07, 6.45) is 5.94. The minimum absolute atomic E-state index is 0.163. The molecule has 0 amide bonds. The Balaban J connectivity index is 2.61. The number of ether oxygens (including phenoxy) is 3. The third kappa shape index (κ3) is 8.57. The van der Waals surface area contributed by atoms with Gasteiger partial charge >= 0.3 is 11.9 Å². The highest BCUT2D eigenvalue weighted by Gasteiger charge is 2.22. The second-order valence-corrected chi connectivity index (χ2v) is 6.96. The Labute approximate surface area is 163 Å². The lowest BCUT2D eigenvalue weighted by Crippen LogP contribution is -2.24. The minimum atomic E-state index is -0.498. The molecule has 0 aliphatic heterocycles. The predicted octanol–water partition coefficient (Wildman–Crippen LogP) is 5.03. The van der Waals surface area contributed by atoms with Crippen molar-refractivity contribution in [3.8, 4) is 0 Å². The van der Waals surface area contributed by atoms with Gasteiger partial charge in [0.1, 0.15) is 6.10 Å². The second-order valence-electron chi connectivity index (χ2n) is 6.96. The maximum atomic E-state index is 12.5. The van der Waals surface area contributed by atoms with Gasteiger partial charge in [-0.25, -0.2) is 9.59 Å². The van der Waals surface area contributed by atoms with Crippen molar-refractivity contribution in [1.82, 2.24) is 0 Å². The molecule has 2 atom stereocenters. The van der Waals surface area contributed by atoms with Crippen LogP contribution in [0.4, 0.5) is 0 Å². The van der Waals surface area contributed by atoms with Crippen LogP contribution in [0.15, 0.2) is 24.3 Å². The molecule has 5 nitrogen and oxygen atoms in total. The quantitative estimate of drug-likeness (QED) is 0.356. The molecule has 0 saturated heterocycles. The zero-order chi connectivity index (χ0) is 20.1. The van der Waals surface area contributed by atoms with Gasteiger partial charge in [0.2, 0.25) is 0 Å². The van der Waals surface area contributed by atoms with Crippen LogP contribution in [0.25, 0.3) is 0 Å². The van der Waals surface area contributed by atoms with E-state index in [4.69, 9.17) is 14.2 Å². The van der Waals surface area contributed by atoms with Gasteiger partial charge in [-0.15, -0.1) is 0 Å². The number of hydrogen-bond donors (Lipinski definition) is 0. The zero-order valence-electron chi connectivity index (χ0n) is 17.2. The van der Waals surface area contributed by atoms with E-state index in [0.717, 1.165) is 25.7 Å². The average molecular weight is 379 g/mol. The minimum Gasteiger partial charge on any atom is -0.462 e. The number of methoxy groups -OCH3 is 1. The van der Waals surface area contributed by atoms with Crippen molar-refractivity contribution >= 4 is 11.9 Å². The van der Waals surface area contributed by atoms with Gasteiger partial charge in [0.05, 0.1) is 17.7 Å². The Morgan fingerprint density at radius 2 is 1.56 bits per heavy atom. The van der Waals surface area contributed by atoms with Crippen LogP contribution in [0, 0.1) is 5.92 Å². The van der Waals surface area contributed by atoms with E-state index in [1.807, 2.05) is 13.8 Å². The highest BCUT2D eigenvalue weighted by molar-refractivity contribution is 6.03. The fourth-order valence-corrected chi connectivity index (χ4v) is 2.67. The van der Waals surface area contributed by atoms with E-state index in [2.05, 4.69) is 6.92 Å². The molecule has 1 aromatic rings. The number of carbonyl (C=O) groups excluding carboxylic acids is 2. The van der Waals surface area contributed by atoms with Gasteiger partial charge in [-0.2, -0.15) is 0 Å². The second kappa shape index (κ2) is 13.3. The molecule has 5 heteroatoms. The maximum Gasteiger partial charge on any atom is 0.339 e. The van der Waals surface area contributed by atoms with Crippen molar-refractivity contribution in [1.29, 1.82) is 0 Å². The van der Waals surface area contributed by atoms with E-state index in [0.29, 0.717) is 13.2 Å². The lowest BCUT2D eigenvalue weighted by atomic mass is 10.0. The van der Waals surface area contributed by atoms with Crippen molar-refractivity contribution in [3.63, 3.8) is 0 Å². The summed E-state index contributed by atoms with van der Waals surface area (Å²) >= 11 is 0.